The van der Waals surface area contributed by atoms with Gasteiger partial charge in [0.1, 0.15) is 5.60 Å². The molecule has 0 N–H and O–H groups in total. The van der Waals surface area contributed by atoms with Crippen LogP contribution in [0.5, 0.6) is 0 Å². The fourth-order valence-corrected chi connectivity index (χ4v) is 2.15. The van der Waals surface area contributed by atoms with Gasteiger partial charge in [0, 0.05) is 10.6 Å². The zero-order chi connectivity index (χ0) is 16.3. The molecule has 0 aromatic heterocycles. The van der Waals surface area contributed by atoms with Crippen LogP contribution < -0.4 is 0 Å². The van der Waals surface area contributed by atoms with Crippen molar-refractivity contribution in [2.24, 2.45) is 0 Å². The lowest BCUT2D eigenvalue weighted by Gasteiger charge is -2.19. The molecule has 0 saturated heterocycles. The van der Waals surface area contributed by atoms with Crippen LogP contribution in [-0.4, -0.2) is 11.6 Å². The number of hydrogen-bond donors (Lipinski definition) is 0. The Morgan fingerprint density at radius 2 is 1.77 bits per heavy atom. The molecule has 3 nitrogen and oxygen atoms in total. The second-order valence-corrected chi connectivity index (χ2v) is 6.32. The van der Waals surface area contributed by atoms with Crippen LogP contribution in [0.25, 0.3) is 11.1 Å². The summed E-state index contributed by atoms with van der Waals surface area (Å²) in [5.41, 5.74) is 2.04. The largest absolute Gasteiger partial charge is 0.456 e. The van der Waals surface area contributed by atoms with Gasteiger partial charge in [-0.05, 0) is 56.7 Å². The molecule has 0 aliphatic heterocycles. The third kappa shape index (κ3) is 3.87. The van der Waals surface area contributed by atoms with Crippen LogP contribution in [-0.2, 0) is 4.74 Å². The molecule has 0 unspecified atom stereocenters. The van der Waals surface area contributed by atoms with Gasteiger partial charge in [-0.15, -0.1) is 0 Å². The lowest BCUT2D eigenvalue weighted by Crippen LogP contribution is -2.23. The van der Waals surface area contributed by atoms with E-state index in [1.54, 1.807) is 42.5 Å². The Kier molecular flexibility index (Phi) is 4.54. The van der Waals surface area contributed by atoms with E-state index in [0.717, 1.165) is 11.1 Å². The minimum absolute atomic E-state index is 0.370. The van der Waals surface area contributed by atoms with Gasteiger partial charge in [0.05, 0.1) is 17.2 Å². The molecule has 0 atom stereocenters. The molecule has 22 heavy (non-hydrogen) atoms. The predicted octanol–water partition coefficient (Wildman–Crippen LogP) is 4.83. The van der Waals surface area contributed by atoms with Crippen molar-refractivity contribution in [2.45, 2.75) is 26.4 Å². The number of carbonyl (C=O) groups excluding carboxylic acids is 1. The van der Waals surface area contributed by atoms with Crippen molar-refractivity contribution >= 4 is 17.6 Å². The first-order valence-corrected chi connectivity index (χ1v) is 7.21. The Hall–Kier alpha value is -2.31. The molecular formula is C18H16ClNO2. The quantitative estimate of drug-likeness (QED) is 0.746. The summed E-state index contributed by atoms with van der Waals surface area (Å²) >= 11 is 5.99. The van der Waals surface area contributed by atoms with Crippen molar-refractivity contribution in [2.75, 3.05) is 0 Å². The minimum Gasteiger partial charge on any atom is -0.456 e. The summed E-state index contributed by atoms with van der Waals surface area (Å²) in [7, 11) is 0. The van der Waals surface area contributed by atoms with Crippen LogP contribution >= 0.6 is 11.6 Å². The molecule has 0 radical (unpaired) electrons. The van der Waals surface area contributed by atoms with E-state index in [9.17, 15) is 10.1 Å². The first-order valence-electron chi connectivity index (χ1n) is 6.83. The summed E-state index contributed by atoms with van der Waals surface area (Å²) in [6, 6.07) is 14.2. The second-order valence-electron chi connectivity index (χ2n) is 5.88. The maximum atomic E-state index is 12.0. The third-order valence-corrected chi connectivity index (χ3v) is 3.17. The highest BCUT2D eigenvalue weighted by atomic mass is 35.5. The molecule has 2 aromatic carbocycles. The summed E-state index contributed by atoms with van der Waals surface area (Å²) in [4.78, 5) is 12.0. The normalized spacial score (nSPS) is 10.9. The van der Waals surface area contributed by atoms with Gasteiger partial charge in [0.25, 0.3) is 0 Å². The standard InChI is InChI=1S/C18H16ClNO2/c1-18(2,3)22-17(21)13-6-4-12(5-7-13)16-10-15(19)9-8-14(16)11-20/h4-10H,1-3H3. The summed E-state index contributed by atoms with van der Waals surface area (Å²) in [6.07, 6.45) is 0. The van der Waals surface area contributed by atoms with Gasteiger partial charge in [0.15, 0.2) is 0 Å². The Balaban J connectivity index is 2.32. The van der Waals surface area contributed by atoms with Gasteiger partial charge in [-0.1, -0.05) is 23.7 Å². The molecule has 0 saturated carbocycles. The van der Waals surface area contributed by atoms with Crippen molar-refractivity contribution in [3.05, 3.63) is 58.6 Å². The van der Waals surface area contributed by atoms with E-state index >= 15 is 0 Å². The van der Waals surface area contributed by atoms with Crippen molar-refractivity contribution < 1.29 is 9.53 Å². The van der Waals surface area contributed by atoms with E-state index in [4.69, 9.17) is 16.3 Å². The summed E-state index contributed by atoms with van der Waals surface area (Å²) in [5.74, 6) is -0.370. The molecule has 2 aromatic rings. The van der Waals surface area contributed by atoms with Crippen LogP contribution in [0.4, 0.5) is 0 Å². The molecule has 0 fully saturated rings. The van der Waals surface area contributed by atoms with E-state index in [1.165, 1.54) is 0 Å². The Morgan fingerprint density at radius 3 is 2.32 bits per heavy atom. The van der Waals surface area contributed by atoms with Crippen molar-refractivity contribution in [1.82, 2.24) is 0 Å². The average Bonchev–Trinajstić information content (AvgIpc) is 2.45. The van der Waals surface area contributed by atoms with Crippen molar-refractivity contribution in [1.29, 1.82) is 5.26 Å². The van der Waals surface area contributed by atoms with Gasteiger partial charge in [-0.3, -0.25) is 0 Å². The highest BCUT2D eigenvalue weighted by molar-refractivity contribution is 6.30. The monoisotopic (exact) mass is 313 g/mol. The van der Waals surface area contributed by atoms with E-state index in [1.807, 2.05) is 20.8 Å². The lowest BCUT2D eigenvalue weighted by molar-refractivity contribution is 0.00696. The van der Waals surface area contributed by atoms with E-state index in [0.29, 0.717) is 16.1 Å². The maximum Gasteiger partial charge on any atom is 0.338 e. The predicted molar refractivity (Wildman–Crippen MR) is 86.8 cm³/mol. The zero-order valence-electron chi connectivity index (χ0n) is 12.7. The van der Waals surface area contributed by atoms with E-state index in [-0.39, 0.29) is 5.97 Å². The molecule has 0 spiro atoms. The second kappa shape index (κ2) is 6.21. The maximum absolute atomic E-state index is 12.0. The summed E-state index contributed by atoms with van der Waals surface area (Å²) < 4.78 is 5.32. The molecule has 0 amide bonds. The molecule has 0 aliphatic carbocycles. The number of carbonyl (C=O) groups is 1. The van der Waals surface area contributed by atoms with Crippen molar-refractivity contribution in [3.8, 4) is 17.2 Å². The zero-order valence-corrected chi connectivity index (χ0v) is 13.4. The Labute approximate surface area is 135 Å². The topological polar surface area (TPSA) is 50.1 Å². The summed E-state index contributed by atoms with van der Waals surface area (Å²) in [6.45, 7) is 5.47. The van der Waals surface area contributed by atoms with Crippen LogP contribution in [0.1, 0.15) is 36.7 Å². The number of halogens is 1. The number of ether oxygens (including phenoxy) is 1. The first-order chi connectivity index (χ1) is 10.3. The number of benzene rings is 2. The van der Waals surface area contributed by atoms with E-state index < -0.39 is 5.60 Å². The first kappa shape index (κ1) is 16.1. The van der Waals surface area contributed by atoms with Gasteiger partial charge < -0.3 is 4.74 Å². The van der Waals surface area contributed by atoms with Crippen molar-refractivity contribution in [3.63, 3.8) is 0 Å². The number of nitriles is 1. The van der Waals surface area contributed by atoms with Crippen LogP contribution in [0, 0.1) is 11.3 Å². The highest BCUT2D eigenvalue weighted by Gasteiger charge is 2.17. The average molecular weight is 314 g/mol. The fraction of sp³-hybridized carbons (Fsp3) is 0.222. The molecule has 112 valence electrons. The SMILES string of the molecule is CC(C)(C)OC(=O)c1ccc(-c2cc(Cl)ccc2C#N)cc1. The number of nitrogens with zero attached hydrogens (tertiary/aromatic N) is 1. The Bertz CT molecular complexity index is 737. The van der Waals surface area contributed by atoms with Gasteiger partial charge >= 0.3 is 5.97 Å². The molecule has 2 rings (SSSR count). The van der Waals surface area contributed by atoms with Crippen LogP contribution in [0.3, 0.4) is 0 Å². The highest BCUT2D eigenvalue weighted by Crippen LogP contribution is 2.27. The van der Waals surface area contributed by atoms with Gasteiger partial charge in [-0.25, -0.2) is 4.79 Å². The number of esters is 1. The summed E-state index contributed by atoms with van der Waals surface area (Å²) in [5, 5.41) is 9.73. The molecule has 4 heteroatoms. The van der Waals surface area contributed by atoms with Gasteiger partial charge in [-0.2, -0.15) is 5.26 Å². The molecular weight excluding hydrogens is 298 g/mol. The molecule has 0 heterocycles. The lowest BCUT2D eigenvalue weighted by atomic mass is 9.99. The van der Waals surface area contributed by atoms with E-state index in [2.05, 4.69) is 6.07 Å². The smallest absolute Gasteiger partial charge is 0.338 e. The van der Waals surface area contributed by atoms with Crippen LogP contribution in [0.2, 0.25) is 5.02 Å². The third-order valence-electron chi connectivity index (χ3n) is 2.93. The molecule has 0 aliphatic rings. The Morgan fingerprint density at radius 1 is 1.14 bits per heavy atom. The minimum atomic E-state index is -0.531. The van der Waals surface area contributed by atoms with Crippen LogP contribution in [0.15, 0.2) is 42.5 Å². The molecule has 0 bridgehead atoms. The fourth-order valence-electron chi connectivity index (χ4n) is 1.98. The number of hydrogen-bond acceptors (Lipinski definition) is 3. The van der Waals surface area contributed by atoms with Gasteiger partial charge in [0.2, 0.25) is 0 Å². The number of rotatable bonds is 2.